The largest absolute Gasteiger partial charge is 0.378 e. The van der Waals surface area contributed by atoms with Crippen molar-refractivity contribution in [2.24, 2.45) is 11.8 Å². The summed E-state index contributed by atoms with van der Waals surface area (Å²) in [5, 5.41) is 0. The van der Waals surface area contributed by atoms with Gasteiger partial charge in [-0.1, -0.05) is 65.2 Å². The van der Waals surface area contributed by atoms with E-state index in [0.29, 0.717) is 12.2 Å². The van der Waals surface area contributed by atoms with Gasteiger partial charge in [0.15, 0.2) is 0 Å². The van der Waals surface area contributed by atoms with Gasteiger partial charge in [0.05, 0.1) is 12.2 Å². The average molecular weight is 395 g/mol. The third-order valence-corrected chi connectivity index (χ3v) is 7.31. The van der Waals surface area contributed by atoms with E-state index in [1.54, 1.807) is 0 Å². The lowest BCUT2D eigenvalue weighted by Gasteiger charge is -2.37. The molecule has 2 saturated carbocycles. The molecule has 2 aliphatic rings. The van der Waals surface area contributed by atoms with Gasteiger partial charge in [0.2, 0.25) is 0 Å². The molecule has 0 atom stereocenters. The smallest absolute Gasteiger partial charge is 0.0575 e. The molecule has 0 spiro atoms. The molecule has 0 N–H and O–H groups in total. The van der Waals surface area contributed by atoms with Crippen molar-refractivity contribution >= 4 is 0 Å². The average Bonchev–Trinajstić information content (AvgIpc) is 2.74. The minimum atomic E-state index is 0.565. The maximum Gasteiger partial charge on any atom is 0.0575 e. The Labute approximate surface area is 176 Å². The van der Waals surface area contributed by atoms with Crippen molar-refractivity contribution in [2.45, 2.75) is 142 Å². The molecule has 0 aliphatic heterocycles. The number of hydrogen-bond donors (Lipinski definition) is 0. The van der Waals surface area contributed by atoms with Gasteiger partial charge >= 0.3 is 0 Å². The molecule has 0 aromatic carbocycles. The quantitative estimate of drug-likeness (QED) is 0.261. The fraction of sp³-hybridized carbons (Fsp3) is 1.00. The minimum Gasteiger partial charge on any atom is -0.378 e. The normalized spacial score (nSPS) is 28.5. The highest BCUT2D eigenvalue weighted by atomic mass is 16.5. The zero-order valence-electron chi connectivity index (χ0n) is 19.3. The standard InChI is InChI=1S/C26H50O2/c1-3-5-7-9-10-12-22-28-26-19-15-24(16-20-26)23-13-17-25(18-14-23)27-21-11-8-6-4-2/h23-26H,3-22H2,1-2H3. The molecule has 2 nitrogen and oxygen atoms in total. The number of hydrogen-bond acceptors (Lipinski definition) is 2. The van der Waals surface area contributed by atoms with Crippen LogP contribution in [0.4, 0.5) is 0 Å². The first-order valence-electron chi connectivity index (χ1n) is 13.1. The van der Waals surface area contributed by atoms with Gasteiger partial charge in [-0.2, -0.15) is 0 Å². The topological polar surface area (TPSA) is 18.5 Å². The Morgan fingerprint density at radius 2 is 0.821 bits per heavy atom. The summed E-state index contributed by atoms with van der Waals surface area (Å²) in [4.78, 5) is 0. The van der Waals surface area contributed by atoms with Crippen molar-refractivity contribution in [3.05, 3.63) is 0 Å². The number of ether oxygens (including phenoxy) is 2. The lowest BCUT2D eigenvalue weighted by Crippen LogP contribution is -2.30. The zero-order chi connectivity index (χ0) is 19.9. The molecule has 0 radical (unpaired) electrons. The van der Waals surface area contributed by atoms with E-state index in [-0.39, 0.29) is 0 Å². The van der Waals surface area contributed by atoms with Crippen molar-refractivity contribution in [1.82, 2.24) is 0 Å². The highest BCUT2D eigenvalue weighted by Crippen LogP contribution is 2.39. The molecule has 166 valence electrons. The van der Waals surface area contributed by atoms with E-state index in [4.69, 9.17) is 9.47 Å². The van der Waals surface area contributed by atoms with Crippen LogP contribution in [0.5, 0.6) is 0 Å². The monoisotopic (exact) mass is 394 g/mol. The summed E-state index contributed by atoms with van der Waals surface area (Å²) >= 11 is 0. The summed E-state index contributed by atoms with van der Waals surface area (Å²) in [5.41, 5.74) is 0. The Hall–Kier alpha value is -0.0800. The first kappa shape index (κ1) is 24.2. The van der Waals surface area contributed by atoms with Crippen molar-refractivity contribution < 1.29 is 9.47 Å². The summed E-state index contributed by atoms with van der Waals surface area (Å²) in [6, 6.07) is 0. The van der Waals surface area contributed by atoms with Crippen LogP contribution in [-0.2, 0) is 9.47 Å². The van der Waals surface area contributed by atoms with Crippen LogP contribution in [0, 0.1) is 11.8 Å². The van der Waals surface area contributed by atoms with E-state index in [9.17, 15) is 0 Å². The molecule has 0 amide bonds. The molecular formula is C26H50O2. The maximum atomic E-state index is 6.19. The molecule has 28 heavy (non-hydrogen) atoms. The molecule has 0 heterocycles. The van der Waals surface area contributed by atoms with E-state index in [0.717, 1.165) is 25.0 Å². The zero-order valence-corrected chi connectivity index (χ0v) is 19.3. The van der Waals surface area contributed by atoms with Crippen molar-refractivity contribution in [3.63, 3.8) is 0 Å². The molecule has 0 unspecified atom stereocenters. The van der Waals surface area contributed by atoms with Gasteiger partial charge in [-0.05, 0) is 76.0 Å². The summed E-state index contributed by atoms with van der Waals surface area (Å²) in [6.07, 6.45) is 25.5. The molecule has 0 saturated heterocycles. The first-order valence-corrected chi connectivity index (χ1v) is 13.1. The van der Waals surface area contributed by atoms with Crippen LogP contribution in [0.25, 0.3) is 0 Å². The molecule has 0 aromatic heterocycles. The second kappa shape index (κ2) is 15.7. The fourth-order valence-electron chi connectivity index (χ4n) is 5.36. The van der Waals surface area contributed by atoms with Gasteiger partial charge in [-0.25, -0.2) is 0 Å². The summed E-state index contributed by atoms with van der Waals surface area (Å²) < 4.78 is 12.3. The Morgan fingerprint density at radius 3 is 1.25 bits per heavy atom. The maximum absolute atomic E-state index is 6.19. The second-order valence-corrected chi connectivity index (χ2v) is 9.64. The second-order valence-electron chi connectivity index (χ2n) is 9.64. The van der Waals surface area contributed by atoms with Gasteiger partial charge in [-0.15, -0.1) is 0 Å². The molecule has 2 heteroatoms. The molecule has 2 rings (SSSR count). The molecule has 0 bridgehead atoms. The highest BCUT2D eigenvalue weighted by molar-refractivity contribution is 4.82. The lowest BCUT2D eigenvalue weighted by atomic mass is 9.72. The van der Waals surface area contributed by atoms with E-state index in [1.165, 1.54) is 116 Å². The van der Waals surface area contributed by atoms with Gasteiger partial charge in [-0.3, -0.25) is 0 Å². The minimum absolute atomic E-state index is 0.565. The highest BCUT2D eigenvalue weighted by Gasteiger charge is 2.31. The summed E-state index contributed by atoms with van der Waals surface area (Å²) in [6.45, 7) is 6.56. The van der Waals surface area contributed by atoms with Crippen LogP contribution in [-0.4, -0.2) is 25.4 Å². The van der Waals surface area contributed by atoms with E-state index in [1.807, 2.05) is 0 Å². The lowest BCUT2D eigenvalue weighted by molar-refractivity contribution is -0.0121. The van der Waals surface area contributed by atoms with Crippen LogP contribution in [0.3, 0.4) is 0 Å². The van der Waals surface area contributed by atoms with Crippen molar-refractivity contribution in [1.29, 1.82) is 0 Å². The van der Waals surface area contributed by atoms with Crippen LogP contribution in [0.2, 0.25) is 0 Å². The van der Waals surface area contributed by atoms with Crippen LogP contribution < -0.4 is 0 Å². The third kappa shape index (κ3) is 10.1. The number of unbranched alkanes of at least 4 members (excludes halogenated alkanes) is 8. The molecule has 2 aliphatic carbocycles. The number of rotatable bonds is 15. The van der Waals surface area contributed by atoms with Gasteiger partial charge in [0, 0.05) is 13.2 Å². The Bertz CT molecular complexity index is 340. The van der Waals surface area contributed by atoms with Crippen LogP contribution in [0.15, 0.2) is 0 Å². The van der Waals surface area contributed by atoms with E-state index >= 15 is 0 Å². The molecule has 0 aromatic rings. The van der Waals surface area contributed by atoms with Crippen molar-refractivity contribution in [2.75, 3.05) is 13.2 Å². The fourth-order valence-corrected chi connectivity index (χ4v) is 5.36. The van der Waals surface area contributed by atoms with Gasteiger partial charge in [0.1, 0.15) is 0 Å². The predicted molar refractivity (Wildman–Crippen MR) is 121 cm³/mol. The van der Waals surface area contributed by atoms with Gasteiger partial charge in [0.25, 0.3) is 0 Å². The predicted octanol–water partition coefficient (Wildman–Crippen LogP) is 8.08. The van der Waals surface area contributed by atoms with E-state index < -0.39 is 0 Å². The van der Waals surface area contributed by atoms with Gasteiger partial charge < -0.3 is 9.47 Å². The van der Waals surface area contributed by atoms with Crippen LogP contribution >= 0.6 is 0 Å². The van der Waals surface area contributed by atoms with Crippen LogP contribution in [0.1, 0.15) is 129 Å². The van der Waals surface area contributed by atoms with Crippen molar-refractivity contribution in [3.8, 4) is 0 Å². The first-order chi connectivity index (χ1) is 13.8. The summed E-state index contributed by atoms with van der Waals surface area (Å²) in [7, 11) is 0. The summed E-state index contributed by atoms with van der Waals surface area (Å²) in [5.74, 6) is 1.94. The van der Waals surface area contributed by atoms with E-state index in [2.05, 4.69) is 13.8 Å². The molecule has 2 fully saturated rings. The third-order valence-electron chi connectivity index (χ3n) is 7.31. The Kier molecular flexibility index (Phi) is 13.6. The SMILES string of the molecule is CCCCCCCCOC1CCC(C2CCC(OCCCCCC)CC2)CC1. The Morgan fingerprint density at radius 1 is 0.464 bits per heavy atom. The molecular weight excluding hydrogens is 344 g/mol. The Balaban J connectivity index is 1.46.